The summed E-state index contributed by atoms with van der Waals surface area (Å²) < 4.78 is 18.8. The molecule has 2 rings (SSSR count). The molecule has 1 fully saturated rings. The van der Waals surface area contributed by atoms with Crippen LogP contribution in [-0.2, 0) is 4.74 Å². The number of amides is 1. The quantitative estimate of drug-likeness (QED) is 0.647. The summed E-state index contributed by atoms with van der Waals surface area (Å²) in [7, 11) is 0. The van der Waals surface area contributed by atoms with Gasteiger partial charge in [-0.3, -0.25) is 4.79 Å². The van der Waals surface area contributed by atoms with Gasteiger partial charge in [-0.2, -0.15) is 0 Å². The first-order valence-electron chi connectivity index (χ1n) is 7.05. The molecule has 20 heavy (non-hydrogen) atoms. The highest BCUT2D eigenvalue weighted by Gasteiger charge is 2.13. The number of halogens is 1. The van der Waals surface area contributed by atoms with Crippen LogP contribution in [0.1, 0.15) is 42.5 Å². The van der Waals surface area contributed by atoms with Gasteiger partial charge in [0.25, 0.3) is 5.91 Å². The van der Waals surface area contributed by atoms with Crippen molar-refractivity contribution in [3.05, 3.63) is 29.6 Å². The van der Waals surface area contributed by atoms with Crippen molar-refractivity contribution in [2.24, 2.45) is 0 Å². The Balaban J connectivity index is 1.70. The van der Waals surface area contributed by atoms with Gasteiger partial charge >= 0.3 is 0 Å². The fourth-order valence-electron chi connectivity index (χ4n) is 2.38. The van der Waals surface area contributed by atoms with Crippen molar-refractivity contribution in [3.63, 3.8) is 0 Å². The molecule has 0 aromatic heterocycles. The van der Waals surface area contributed by atoms with E-state index in [1.54, 1.807) is 0 Å². The van der Waals surface area contributed by atoms with E-state index in [1.165, 1.54) is 37.5 Å². The number of hydrogen-bond donors (Lipinski definition) is 2. The van der Waals surface area contributed by atoms with Crippen LogP contribution in [-0.4, -0.2) is 25.2 Å². The molecule has 110 valence electrons. The van der Waals surface area contributed by atoms with E-state index in [4.69, 9.17) is 4.74 Å². The Kier molecular flexibility index (Phi) is 5.86. The van der Waals surface area contributed by atoms with Crippen LogP contribution in [0.4, 0.5) is 4.39 Å². The van der Waals surface area contributed by atoms with Gasteiger partial charge in [0.2, 0.25) is 0 Å². The predicted molar refractivity (Wildman–Crippen MR) is 78.8 cm³/mol. The number of hydrogen-bond acceptors (Lipinski definition) is 3. The molecular formula is C15H20FNO2S. The van der Waals surface area contributed by atoms with Crippen LogP contribution in [0, 0.1) is 5.82 Å². The summed E-state index contributed by atoms with van der Waals surface area (Å²) >= 11 is 3.96. The maximum Gasteiger partial charge on any atom is 0.251 e. The minimum atomic E-state index is -0.425. The van der Waals surface area contributed by atoms with Gasteiger partial charge in [-0.05, 0) is 31.0 Å². The third-order valence-electron chi connectivity index (χ3n) is 3.50. The van der Waals surface area contributed by atoms with E-state index in [2.05, 4.69) is 17.9 Å². The van der Waals surface area contributed by atoms with E-state index in [-0.39, 0.29) is 10.8 Å². The maximum absolute atomic E-state index is 13.0. The zero-order valence-corrected chi connectivity index (χ0v) is 12.3. The number of thiol groups is 1. The number of nitrogens with one attached hydrogen (secondary N) is 1. The molecule has 1 aliphatic carbocycles. The van der Waals surface area contributed by atoms with Gasteiger partial charge in [0.05, 0.1) is 12.7 Å². The van der Waals surface area contributed by atoms with Crippen LogP contribution in [0.25, 0.3) is 0 Å². The smallest absolute Gasteiger partial charge is 0.251 e. The third-order valence-corrected chi connectivity index (χ3v) is 3.84. The van der Waals surface area contributed by atoms with Gasteiger partial charge < -0.3 is 10.1 Å². The van der Waals surface area contributed by atoms with E-state index in [1.807, 2.05) is 0 Å². The molecule has 1 saturated carbocycles. The van der Waals surface area contributed by atoms with Crippen LogP contribution >= 0.6 is 12.6 Å². The lowest BCUT2D eigenvalue weighted by molar-refractivity contribution is 0.0299. The summed E-state index contributed by atoms with van der Waals surface area (Å²) in [6.07, 6.45) is 6.35. The monoisotopic (exact) mass is 297 g/mol. The van der Waals surface area contributed by atoms with Crippen molar-refractivity contribution >= 4 is 18.5 Å². The Morgan fingerprint density at radius 3 is 2.80 bits per heavy atom. The lowest BCUT2D eigenvalue weighted by Crippen LogP contribution is -2.29. The molecule has 1 amide bonds. The van der Waals surface area contributed by atoms with Crippen molar-refractivity contribution in [1.29, 1.82) is 0 Å². The Labute approximate surface area is 124 Å². The second-order valence-electron chi connectivity index (χ2n) is 5.05. The first-order valence-corrected chi connectivity index (χ1v) is 7.50. The molecular weight excluding hydrogens is 277 g/mol. The first-order chi connectivity index (χ1) is 9.66. The molecule has 5 heteroatoms. The lowest BCUT2D eigenvalue weighted by atomic mass is 9.98. The largest absolute Gasteiger partial charge is 0.376 e. The predicted octanol–water partition coefficient (Wildman–Crippen LogP) is 3.19. The molecule has 0 radical (unpaired) electrons. The highest BCUT2D eigenvalue weighted by molar-refractivity contribution is 7.80. The molecule has 0 heterocycles. The Morgan fingerprint density at radius 1 is 1.35 bits per heavy atom. The highest BCUT2D eigenvalue weighted by Crippen LogP contribution is 2.20. The SMILES string of the molecule is O=C(NCCOC1CCCCC1)c1ccc(F)c(S)c1. The molecule has 0 bridgehead atoms. The fourth-order valence-corrected chi connectivity index (χ4v) is 2.59. The second-order valence-corrected chi connectivity index (χ2v) is 5.53. The molecule has 1 N–H and O–H groups in total. The molecule has 0 spiro atoms. The summed E-state index contributed by atoms with van der Waals surface area (Å²) in [4.78, 5) is 12.0. The van der Waals surface area contributed by atoms with Crippen molar-refractivity contribution in [3.8, 4) is 0 Å². The summed E-state index contributed by atoms with van der Waals surface area (Å²) in [6.45, 7) is 0.986. The van der Waals surface area contributed by atoms with Gasteiger partial charge in [-0.15, -0.1) is 12.6 Å². The summed E-state index contributed by atoms with van der Waals surface area (Å²) in [6, 6.07) is 4.12. The number of benzene rings is 1. The molecule has 0 unspecified atom stereocenters. The van der Waals surface area contributed by atoms with Gasteiger partial charge in [0.15, 0.2) is 0 Å². The Morgan fingerprint density at radius 2 is 2.10 bits per heavy atom. The number of rotatable bonds is 5. The maximum atomic E-state index is 13.0. The summed E-state index contributed by atoms with van der Waals surface area (Å²) in [5, 5.41) is 2.76. The first kappa shape index (κ1) is 15.3. The van der Waals surface area contributed by atoms with Crippen molar-refractivity contribution in [2.75, 3.05) is 13.2 Å². The minimum Gasteiger partial charge on any atom is -0.376 e. The molecule has 3 nitrogen and oxygen atoms in total. The normalized spacial score (nSPS) is 16.1. The number of ether oxygens (including phenoxy) is 1. The van der Waals surface area contributed by atoms with Crippen molar-refractivity contribution in [2.45, 2.75) is 43.1 Å². The summed E-state index contributed by atoms with van der Waals surface area (Å²) in [5.41, 5.74) is 0.411. The van der Waals surface area contributed by atoms with Gasteiger partial charge in [0, 0.05) is 17.0 Å². The summed E-state index contributed by atoms with van der Waals surface area (Å²) in [5.74, 6) is -0.655. The molecule has 1 aromatic rings. The topological polar surface area (TPSA) is 38.3 Å². The van der Waals surface area contributed by atoms with Crippen LogP contribution in [0.3, 0.4) is 0 Å². The molecule has 0 saturated heterocycles. The molecule has 0 aliphatic heterocycles. The van der Waals surface area contributed by atoms with Gasteiger partial charge in [-0.1, -0.05) is 19.3 Å². The fraction of sp³-hybridized carbons (Fsp3) is 0.533. The molecule has 1 aliphatic rings. The lowest BCUT2D eigenvalue weighted by Gasteiger charge is -2.22. The Bertz CT molecular complexity index is 461. The highest BCUT2D eigenvalue weighted by atomic mass is 32.1. The van der Waals surface area contributed by atoms with Crippen molar-refractivity contribution < 1.29 is 13.9 Å². The van der Waals surface area contributed by atoms with Crippen molar-refractivity contribution in [1.82, 2.24) is 5.32 Å². The third kappa shape index (κ3) is 4.49. The standard InChI is InChI=1S/C15H20FNO2S/c16-13-7-6-11(10-14(13)20)15(18)17-8-9-19-12-4-2-1-3-5-12/h6-7,10,12,20H,1-5,8-9H2,(H,17,18). The zero-order valence-electron chi connectivity index (χ0n) is 11.4. The zero-order chi connectivity index (χ0) is 14.4. The van der Waals surface area contributed by atoms with Crippen LogP contribution in [0.5, 0.6) is 0 Å². The number of carbonyl (C=O) groups is 1. The molecule has 1 aromatic carbocycles. The Hall–Kier alpha value is -1.07. The van der Waals surface area contributed by atoms with Gasteiger partial charge in [0.1, 0.15) is 5.82 Å². The van der Waals surface area contributed by atoms with E-state index in [9.17, 15) is 9.18 Å². The van der Waals surface area contributed by atoms with Crippen LogP contribution < -0.4 is 5.32 Å². The minimum absolute atomic E-state index is 0.177. The second kappa shape index (κ2) is 7.64. The van der Waals surface area contributed by atoms with Gasteiger partial charge in [-0.25, -0.2) is 4.39 Å². The van der Waals surface area contributed by atoms with E-state index < -0.39 is 5.82 Å². The average molecular weight is 297 g/mol. The van der Waals surface area contributed by atoms with Crippen LogP contribution in [0.15, 0.2) is 23.1 Å². The molecule has 0 atom stereocenters. The van der Waals surface area contributed by atoms with Crippen LogP contribution in [0.2, 0.25) is 0 Å². The van der Waals surface area contributed by atoms with E-state index in [0.717, 1.165) is 12.8 Å². The average Bonchev–Trinajstić information content (AvgIpc) is 2.47. The van der Waals surface area contributed by atoms with E-state index in [0.29, 0.717) is 24.8 Å². The van der Waals surface area contributed by atoms with E-state index >= 15 is 0 Å². The number of carbonyl (C=O) groups excluding carboxylic acids is 1.